The Morgan fingerprint density at radius 1 is 1.33 bits per heavy atom. The molecule has 1 aromatic heterocycles. The molecule has 0 spiro atoms. The lowest BCUT2D eigenvalue weighted by Crippen LogP contribution is -2.45. The summed E-state index contributed by atoms with van der Waals surface area (Å²) in [4.78, 5) is 26.1. The average molecular weight is 310 g/mol. The Labute approximate surface area is 126 Å². The van der Waals surface area contributed by atoms with Gasteiger partial charge in [0.1, 0.15) is 11.6 Å². The molecule has 114 valence electrons. The molecule has 1 unspecified atom stereocenters. The van der Waals surface area contributed by atoms with Crippen LogP contribution >= 0.6 is 11.3 Å². The molecule has 0 bridgehead atoms. The number of aromatic nitrogens is 2. The normalized spacial score (nSPS) is 23.2. The van der Waals surface area contributed by atoms with E-state index in [-0.39, 0.29) is 23.8 Å². The van der Waals surface area contributed by atoms with E-state index in [0.29, 0.717) is 37.7 Å². The number of anilines is 1. The largest absolute Gasteiger partial charge is 0.368 e. The Kier molecular flexibility index (Phi) is 4.45. The highest BCUT2D eigenvalue weighted by Crippen LogP contribution is 2.22. The highest BCUT2D eigenvalue weighted by atomic mass is 32.1. The van der Waals surface area contributed by atoms with Gasteiger partial charge < -0.3 is 15.0 Å². The minimum absolute atomic E-state index is 0.0315. The van der Waals surface area contributed by atoms with Crippen molar-refractivity contribution >= 4 is 28.3 Å². The molecule has 8 heteroatoms. The third-order valence-corrected chi connectivity index (χ3v) is 4.58. The van der Waals surface area contributed by atoms with Crippen molar-refractivity contribution < 1.29 is 14.3 Å². The zero-order chi connectivity index (χ0) is 14.7. The standard InChI is InChI=1S/C13H18N4O3S/c18-11(15-13-16-14-8-21-13)9-3-5-17(6-4-9)12(19)10-2-1-7-20-10/h8-10H,1-7H2,(H,15,16,18). The number of carbonyl (C=O) groups is 2. The van der Waals surface area contributed by atoms with Crippen molar-refractivity contribution in [3.8, 4) is 0 Å². The van der Waals surface area contributed by atoms with Gasteiger partial charge in [-0.25, -0.2) is 0 Å². The van der Waals surface area contributed by atoms with Gasteiger partial charge in [-0.3, -0.25) is 9.59 Å². The number of ether oxygens (including phenoxy) is 1. The second-order valence-corrected chi connectivity index (χ2v) is 6.17. The molecule has 1 N–H and O–H groups in total. The van der Waals surface area contributed by atoms with E-state index in [1.807, 2.05) is 4.90 Å². The molecule has 0 radical (unpaired) electrons. The van der Waals surface area contributed by atoms with Crippen LogP contribution in [0.2, 0.25) is 0 Å². The lowest BCUT2D eigenvalue weighted by molar-refractivity contribution is -0.143. The maximum absolute atomic E-state index is 12.2. The van der Waals surface area contributed by atoms with Gasteiger partial charge >= 0.3 is 0 Å². The molecule has 2 saturated heterocycles. The van der Waals surface area contributed by atoms with Crippen molar-refractivity contribution in [3.05, 3.63) is 5.51 Å². The number of nitrogens with zero attached hydrogens (tertiary/aromatic N) is 3. The van der Waals surface area contributed by atoms with Gasteiger partial charge in [0.05, 0.1) is 0 Å². The quantitative estimate of drug-likeness (QED) is 0.896. The van der Waals surface area contributed by atoms with Gasteiger partial charge in [-0.15, -0.1) is 10.2 Å². The third-order valence-electron chi connectivity index (χ3n) is 3.97. The van der Waals surface area contributed by atoms with Crippen molar-refractivity contribution in [2.75, 3.05) is 25.0 Å². The van der Waals surface area contributed by atoms with E-state index in [1.54, 1.807) is 5.51 Å². The molecular formula is C13H18N4O3S. The fourth-order valence-electron chi connectivity index (χ4n) is 2.77. The van der Waals surface area contributed by atoms with E-state index in [4.69, 9.17) is 4.74 Å². The molecule has 1 aromatic rings. The lowest BCUT2D eigenvalue weighted by Gasteiger charge is -2.32. The maximum atomic E-state index is 12.2. The molecule has 0 aliphatic carbocycles. The fourth-order valence-corrected chi connectivity index (χ4v) is 3.22. The van der Waals surface area contributed by atoms with Crippen LogP contribution in [0.5, 0.6) is 0 Å². The molecule has 2 aliphatic heterocycles. The van der Waals surface area contributed by atoms with Crippen LogP contribution in [0.25, 0.3) is 0 Å². The molecular weight excluding hydrogens is 292 g/mol. The van der Waals surface area contributed by atoms with Gasteiger partial charge in [0.15, 0.2) is 0 Å². The molecule has 0 aromatic carbocycles. The predicted octanol–water partition coefficient (Wildman–Crippen LogP) is 0.894. The molecule has 0 saturated carbocycles. The summed E-state index contributed by atoms with van der Waals surface area (Å²) in [5.41, 5.74) is 1.58. The zero-order valence-corrected chi connectivity index (χ0v) is 12.5. The van der Waals surface area contributed by atoms with Crippen LogP contribution in [0.15, 0.2) is 5.51 Å². The third kappa shape index (κ3) is 3.38. The van der Waals surface area contributed by atoms with Crippen molar-refractivity contribution in [2.45, 2.75) is 31.8 Å². The Morgan fingerprint density at radius 3 is 2.76 bits per heavy atom. The van der Waals surface area contributed by atoms with Gasteiger partial charge in [-0.2, -0.15) is 0 Å². The maximum Gasteiger partial charge on any atom is 0.251 e. The number of nitrogens with one attached hydrogen (secondary N) is 1. The first kappa shape index (κ1) is 14.4. The van der Waals surface area contributed by atoms with Crippen molar-refractivity contribution in [1.82, 2.24) is 15.1 Å². The summed E-state index contributed by atoms with van der Waals surface area (Å²) in [6.07, 6.45) is 2.87. The SMILES string of the molecule is O=C(Nc1nncs1)C1CCN(C(=O)C2CCCO2)CC1. The highest BCUT2D eigenvalue weighted by molar-refractivity contribution is 7.13. The first-order valence-corrected chi connectivity index (χ1v) is 8.09. The molecule has 2 aliphatic rings. The number of piperidine rings is 1. The number of hydrogen-bond acceptors (Lipinski definition) is 6. The van der Waals surface area contributed by atoms with Crippen molar-refractivity contribution in [2.24, 2.45) is 5.92 Å². The zero-order valence-electron chi connectivity index (χ0n) is 11.7. The summed E-state index contributed by atoms with van der Waals surface area (Å²) in [6.45, 7) is 1.91. The Bertz CT molecular complexity index is 494. The first-order valence-electron chi connectivity index (χ1n) is 7.21. The van der Waals surface area contributed by atoms with Crippen LogP contribution in [0, 0.1) is 5.92 Å². The summed E-state index contributed by atoms with van der Waals surface area (Å²) in [5.74, 6) is -0.0195. The van der Waals surface area contributed by atoms with Crippen LogP contribution in [0.1, 0.15) is 25.7 Å². The molecule has 3 rings (SSSR count). The lowest BCUT2D eigenvalue weighted by atomic mass is 9.95. The van der Waals surface area contributed by atoms with E-state index in [0.717, 1.165) is 12.8 Å². The molecule has 1 atom stereocenters. The molecule has 3 heterocycles. The van der Waals surface area contributed by atoms with E-state index >= 15 is 0 Å². The summed E-state index contributed by atoms with van der Waals surface area (Å²) < 4.78 is 5.43. The fraction of sp³-hybridized carbons (Fsp3) is 0.692. The van der Waals surface area contributed by atoms with E-state index in [9.17, 15) is 9.59 Å². The number of amides is 2. The molecule has 2 amide bonds. The second-order valence-electron chi connectivity index (χ2n) is 5.33. The monoisotopic (exact) mass is 310 g/mol. The number of rotatable bonds is 3. The molecule has 2 fully saturated rings. The van der Waals surface area contributed by atoms with Crippen LogP contribution in [0.3, 0.4) is 0 Å². The topological polar surface area (TPSA) is 84.4 Å². The van der Waals surface area contributed by atoms with E-state index in [1.165, 1.54) is 11.3 Å². The van der Waals surface area contributed by atoms with Crippen LogP contribution in [-0.4, -0.2) is 52.7 Å². The summed E-state index contributed by atoms with van der Waals surface area (Å²) in [5, 5.41) is 10.8. The first-order chi connectivity index (χ1) is 10.2. The van der Waals surface area contributed by atoms with Gasteiger partial charge in [0.2, 0.25) is 11.0 Å². The predicted molar refractivity (Wildman–Crippen MR) is 76.8 cm³/mol. The van der Waals surface area contributed by atoms with E-state index < -0.39 is 0 Å². The number of hydrogen-bond donors (Lipinski definition) is 1. The average Bonchev–Trinajstić information content (AvgIpc) is 3.20. The highest BCUT2D eigenvalue weighted by Gasteiger charge is 2.32. The van der Waals surface area contributed by atoms with Crippen LogP contribution in [-0.2, 0) is 14.3 Å². The Balaban J connectivity index is 1.48. The Hall–Kier alpha value is -1.54. The van der Waals surface area contributed by atoms with E-state index in [2.05, 4.69) is 15.5 Å². The minimum atomic E-state index is -0.267. The molecule has 7 nitrogen and oxygen atoms in total. The van der Waals surface area contributed by atoms with Gasteiger partial charge in [0.25, 0.3) is 5.91 Å². The van der Waals surface area contributed by atoms with Crippen molar-refractivity contribution in [3.63, 3.8) is 0 Å². The Morgan fingerprint density at radius 2 is 2.14 bits per heavy atom. The summed E-state index contributed by atoms with van der Waals surface area (Å²) >= 11 is 1.30. The molecule has 21 heavy (non-hydrogen) atoms. The van der Waals surface area contributed by atoms with Crippen molar-refractivity contribution in [1.29, 1.82) is 0 Å². The van der Waals surface area contributed by atoms with Gasteiger partial charge in [0, 0.05) is 25.6 Å². The number of carbonyl (C=O) groups excluding carboxylic acids is 2. The number of likely N-dealkylation sites (tertiary alicyclic amines) is 1. The summed E-state index contributed by atoms with van der Waals surface area (Å²) in [7, 11) is 0. The van der Waals surface area contributed by atoms with Gasteiger partial charge in [-0.1, -0.05) is 11.3 Å². The van der Waals surface area contributed by atoms with Gasteiger partial charge in [-0.05, 0) is 25.7 Å². The van der Waals surface area contributed by atoms with Crippen LogP contribution < -0.4 is 5.32 Å². The second kappa shape index (κ2) is 6.48. The minimum Gasteiger partial charge on any atom is -0.368 e. The van der Waals surface area contributed by atoms with Crippen LogP contribution in [0.4, 0.5) is 5.13 Å². The smallest absolute Gasteiger partial charge is 0.251 e. The summed E-state index contributed by atoms with van der Waals surface area (Å²) in [6, 6.07) is 0.